The van der Waals surface area contributed by atoms with Crippen molar-refractivity contribution in [2.45, 2.75) is 44.9 Å². The summed E-state index contributed by atoms with van der Waals surface area (Å²) in [5.74, 6) is 0. The van der Waals surface area contributed by atoms with E-state index in [1.165, 1.54) is 21.5 Å². The monoisotopic (exact) mass is 243 g/mol. The van der Waals surface area contributed by atoms with Gasteiger partial charge >= 0.3 is 0 Å². The van der Waals surface area contributed by atoms with Crippen LogP contribution in [0.5, 0.6) is 0 Å². The van der Waals surface area contributed by atoms with Crippen molar-refractivity contribution in [3.8, 4) is 0 Å². The normalized spacial score (nSPS) is 26.4. The van der Waals surface area contributed by atoms with Crippen LogP contribution in [0.25, 0.3) is 0 Å². The van der Waals surface area contributed by atoms with Gasteiger partial charge < -0.3 is 10.4 Å². The Morgan fingerprint density at radius 1 is 1.19 bits per heavy atom. The quantitative estimate of drug-likeness (QED) is 0.791. The van der Waals surface area contributed by atoms with Gasteiger partial charge in [0.05, 0.1) is 11.1 Å². The molecule has 6 heteroatoms. The maximum Gasteiger partial charge on any atom is 0.163 e. The standard InChI is InChI=1S/C10H17N3O2S/c1-9(2)10(3,4)13(15)8(12(9)14)7-11-5-6-16-7/h5-6,8,14-15H,1-4H3. The Labute approximate surface area is 98.9 Å². The van der Waals surface area contributed by atoms with Crippen molar-refractivity contribution in [3.63, 3.8) is 0 Å². The summed E-state index contributed by atoms with van der Waals surface area (Å²) in [6.45, 7) is 7.57. The van der Waals surface area contributed by atoms with Gasteiger partial charge in [0, 0.05) is 11.6 Å². The molecule has 0 aromatic carbocycles. The van der Waals surface area contributed by atoms with E-state index in [1.807, 2.05) is 33.1 Å². The second-order valence-electron chi connectivity index (χ2n) is 5.05. The number of hydrogen-bond acceptors (Lipinski definition) is 6. The van der Waals surface area contributed by atoms with Crippen LogP contribution < -0.4 is 0 Å². The van der Waals surface area contributed by atoms with Crippen molar-refractivity contribution >= 4 is 11.3 Å². The molecule has 2 heterocycles. The van der Waals surface area contributed by atoms with Crippen LogP contribution in [0.15, 0.2) is 11.6 Å². The summed E-state index contributed by atoms with van der Waals surface area (Å²) < 4.78 is 0. The molecule has 0 spiro atoms. The largest absolute Gasteiger partial charge is 0.311 e. The Bertz CT molecular complexity index is 357. The number of thiazole rings is 1. The zero-order valence-electron chi connectivity index (χ0n) is 9.88. The van der Waals surface area contributed by atoms with E-state index in [4.69, 9.17) is 0 Å². The van der Waals surface area contributed by atoms with E-state index >= 15 is 0 Å². The first-order chi connectivity index (χ1) is 7.30. The SMILES string of the molecule is CC1(C)N(O)C(c2nccs2)N(O)C1(C)C. The highest BCUT2D eigenvalue weighted by Gasteiger charge is 2.59. The summed E-state index contributed by atoms with van der Waals surface area (Å²) in [6, 6.07) is 0. The van der Waals surface area contributed by atoms with Gasteiger partial charge in [0.15, 0.2) is 6.17 Å². The van der Waals surface area contributed by atoms with Crippen molar-refractivity contribution < 1.29 is 10.4 Å². The third-order valence-electron chi connectivity index (χ3n) is 3.78. The van der Waals surface area contributed by atoms with E-state index in [0.29, 0.717) is 5.01 Å². The van der Waals surface area contributed by atoms with E-state index in [-0.39, 0.29) is 0 Å². The zero-order chi connectivity index (χ0) is 12.1. The van der Waals surface area contributed by atoms with Crippen molar-refractivity contribution in [1.82, 2.24) is 15.1 Å². The summed E-state index contributed by atoms with van der Waals surface area (Å²) in [4.78, 5) is 4.15. The highest BCUT2D eigenvalue weighted by Crippen LogP contribution is 2.47. The van der Waals surface area contributed by atoms with Crippen LogP contribution in [-0.4, -0.2) is 36.6 Å². The van der Waals surface area contributed by atoms with Crippen molar-refractivity contribution in [2.75, 3.05) is 0 Å². The summed E-state index contributed by atoms with van der Waals surface area (Å²) >= 11 is 1.41. The Morgan fingerprint density at radius 2 is 1.69 bits per heavy atom. The van der Waals surface area contributed by atoms with Gasteiger partial charge in [0.1, 0.15) is 5.01 Å². The van der Waals surface area contributed by atoms with Crippen LogP contribution in [-0.2, 0) is 0 Å². The number of hydroxylamine groups is 4. The Balaban J connectivity index is 2.44. The minimum absolute atomic E-state index is 0.557. The van der Waals surface area contributed by atoms with Crippen molar-refractivity contribution in [3.05, 3.63) is 16.6 Å². The molecule has 1 aliphatic heterocycles. The lowest BCUT2D eigenvalue weighted by Crippen LogP contribution is -2.52. The summed E-state index contributed by atoms with van der Waals surface area (Å²) in [5.41, 5.74) is -1.11. The lowest BCUT2D eigenvalue weighted by molar-refractivity contribution is -0.223. The molecule has 0 atom stereocenters. The molecule has 1 aromatic rings. The molecule has 2 rings (SSSR count). The van der Waals surface area contributed by atoms with Gasteiger partial charge in [-0.25, -0.2) is 4.98 Å². The maximum absolute atomic E-state index is 10.2. The van der Waals surface area contributed by atoms with Crippen LogP contribution in [0.3, 0.4) is 0 Å². The first kappa shape index (κ1) is 11.9. The molecule has 1 fully saturated rings. The molecule has 5 nitrogen and oxygen atoms in total. The number of hydrogen-bond donors (Lipinski definition) is 2. The lowest BCUT2D eigenvalue weighted by Gasteiger charge is -2.37. The van der Waals surface area contributed by atoms with E-state index in [1.54, 1.807) is 6.20 Å². The topological polar surface area (TPSA) is 59.8 Å². The molecule has 0 bridgehead atoms. The summed E-state index contributed by atoms with van der Waals surface area (Å²) in [6.07, 6.45) is 1.07. The predicted molar refractivity (Wildman–Crippen MR) is 60.3 cm³/mol. The van der Waals surface area contributed by atoms with Gasteiger partial charge in [-0.2, -0.15) is 10.1 Å². The van der Waals surface area contributed by atoms with Crippen molar-refractivity contribution in [2.24, 2.45) is 0 Å². The highest BCUT2D eigenvalue weighted by molar-refractivity contribution is 7.09. The lowest BCUT2D eigenvalue weighted by atomic mass is 9.84. The molecule has 1 saturated heterocycles. The first-order valence-electron chi connectivity index (χ1n) is 5.16. The van der Waals surface area contributed by atoms with E-state index in [0.717, 1.165) is 0 Å². The van der Waals surface area contributed by atoms with Gasteiger partial charge in [0.25, 0.3) is 0 Å². The van der Waals surface area contributed by atoms with Crippen LogP contribution in [0.4, 0.5) is 0 Å². The highest BCUT2D eigenvalue weighted by atomic mass is 32.1. The van der Waals surface area contributed by atoms with Crippen LogP contribution in [0.2, 0.25) is 0 Å². The smallest absolute Gasteiger partial charge is 0.163 e. The summed E-state index contributed by atoms with van der Waals surface area (Å²) in [5, 5.41) is 25.2. The summed E-state index contributed by atoms with van der Waals surface area (Å²) in [7, 11) is 0. The average molecular weight is 243 g/mol. The van der Waals surface area contributed by atoms with Crippen LogP contribution in [0, 0.1) is 0 Å². The number of nitrogens with zero attached hydrogens (tertiary/aromatic N) is 3. The average Bonchev–Trinajstić information content (AvgIpc) is 2.73. The van der Waals surface area contributed by atoms with Crippen LogP contribution in [0.1, 0.15) is 38.9 Å². The molecule has 90 valence electrons. The van der Waals surface area contributed by atoms with Crippen LogP contribution >= 0.6 is 11.3 Å². The minimum Gasteiger partial charge on any atom is -0.311 e. The molecular formula is C10H17N3O2S. The first-order valence-corrected chi connectivity index (χ1v) is 6.04. The Morgan fingerprint density at radius 3 is 2.06 bits per heavy atom. The molecular weight excluding hydrogens is 226 g/mol. The van der Waals surface area contributed by atoms with E-state index in [9.17, 15) is 10.4 Å². The molecule has 0 aliphatic carbocycles. The number of rotatable bonds is 1. The molecule has 0 saturated carbocycles. The fraction of sp³-hybridized carbons (Fsp3) is 0.700. The zero-order valence-corrected chi connectivity index (χ0v) is 10.7. The minimum atomic E-state index is -0.593. The third-order valence-corrected chi connectivity index (χ3v) is 4.59. The van der Waals surface area contributed by atoms with Gasteiger partial charge in [0.2, 0.25) is 0 Å². The molecule has 16 heavy (non-hydrogen) atoms. The van der Waals surface area contributed by atoms with Gasteiger partial charge in [-0.05, 0) is 27.7 Å². The second-order valence-corrected chi connectivity index (χ2v) is 5.98. The second kappa shape index (κ2) is 3.48. The fourth-order valence-corrected chi connectivity index (χ4v) is 2.55. The van der Waals surface area contributed by atoms with Gasteiger partial charge in [-0.1, -0.05) is 0 Å². The predicted octanol–water partition coefficient (Wildman–Crippen LogP) is 2.09. The molecule has 0 unspecified atom stereocenters. The van der Waals surface area contributed by atoms with E-state index in [2.05, 4.69) is 4.98 Å². The molecule has 1 aromatic heterocycles. The third kappa shape index (κ3) is 1.34. The fourth-order valence-electron chi connectivity index (χ4n) is 1.85. The molecule has 0 radical (unpaired) electrons. The molecule has 0 amide bonds. The van der Waals surface area contributed by atoms with E-state index < -0.39 is 17.2 Å². The van der Waals surface area contributed by atoms with Crippen molar-refractivity contribution in [1.29, 1.82) is 0 Å². The molecule has 2 N–H and O–H groups in total. The number of aromatic nitrogens is 1. The Kier molecular flexibility index (Phi) is 2.60. The molecule has 1 aliphatic rings. The van der Waals surface area contributed by atoms with Gasteiger partial charge in [-0.15, -0.1) is 11.3 Å². The maximum atomic E-state index is 10.2. The Hall–Kier alpha value is -0.530. The van der Waals surface area contributed by atoms with Gasteiger partial charge in [-0.3, -0.25) is 0 Å².